The van der Waals surface area contributed by atoms with Gasteiger partial charge in [-0.1, -0.05) is 13.8 Å². The summed E-state index contributed by atoms with van der Waals surface area (Å²) in [5.74, 6) is 0. The van der Waals surface area contributed by atoms with Crippen LogP contribution in [0.3, 0.4) is 0 Å². The van der Waals surface area contributed by atoms with Gasteiger partial charge in [-0.05, 0) is 86.3 Å². The lowest BCUT2D eigenvalue weighted by Gasteiger charge is -2.34. The Morgan fingerprint density at radius 3 is 1.85 bits per heavy atom. The van der Waals surface area contributed by atoms with Crippen molar-refractivity contribution in [2.45, 2.75) is 53.9 Å². The zero-order chi connectivity index (χ0) is 19.7. The van der Waals surface area contributed by atoms with Crippen LogP contribution in [-0.4, -0.2) is 90.9 Å². The first-order valence-electron chi connectivity index (χ1n) is 10.6. The van der Waals surface area contributed by atoms with Crippen molar-refractivity contribution in [3.8, 4) is 0 Å². The van der Waals surface area contributed by atoms with E-state index in [0.717, 1.165) is 58.3 Å². The van der Waals surface area contributed by atoms with Crippen LogP contribution < -0.4 is 5.32 Å². The topological polar surface area (TPSA) is 46.2 Å². The van der Waals surface area contributed by atoms with Gasteiger partial charge in [0.2, 0.25) is 0 Å². The first-order valence-corrected chi connectivity index (χ1v) is 12.5. The molecule has 0 bridgehead atoms. The van der Waals surface area contributed by atoms with Crippen molar-refractivity contribution in [2.75, 3.05) is 72.3 Å². The van der Waals surface area contributed by atoms with E-state index in [4.69, 9.17) is 13.3 Å². The van der Waals surface area contributed by atoms with Gasteiger partial charge >= 0.3 is 8.80 Å². The van der Waals surface area contributed by atoms with E-state index in [0.29, 0.717) is 19.8 Å². The minimum absolute atomic E-state index is 0.636. The van der Waals surface area contributed by atoms with Crippen molar-refractivity contribution in [2.24, 2.45) is 0 Å². The highest BCUT2D eigenvalue weighted by Gasteiger charge is 2.42. The van der Waals surface area contributed by atoms with Crippen LogP contribution in [0.2, 0.25) is 0 Å². The second-order valence-corrected chi connectivity index (χ2v) is 9.16. The number of nitrogens with one attached hydrogen (secondary N) is 1. The van der Waals surface area contributed by atoms with E-state index in [1.807, 2.05) is 20.8 Å². The Bertz CT molecular complexity index is 295. The highest BCUT2D eigenvalue weighted by Crippen LogP contribution is 2.13. The van der Waals surface area contributed by atoms with E-state index >= 15 is 0 Å². The molecule has 0 saturated carbocycles. The molecule has 0 aliphatic rings. The summed E-state index contributed by atoms with van der Waals surface area (Å²) in [6.45, 7) is 18.9. The van der Waals surface area contributed by atoms with Gasteiger partial charge in [0.1, 0.15) is 0 Å². The van der Waals surface area contributed by atoms with Gasteiger partial charge < -0.3 is 23.5 Å². The average Bonchev–Trinajstić information content (AvgIpc) is 2.61. The largest absolute Gasteiger partial charge is 0.515 e. The number of hydrogen-bond acceptors (Lipinski definition) is 6. The third-order valence-corrected chi connectivity index (χ3v) is 7.34. The maximum absolute atomic E-state index is 6.06. The highest BCUT2D eigenvalue weighted by atomic mass is 28.4. The average molecular weight is 392 g/mol. The molecule has 0 aliphatic heterocycles. The molecule has 0 saturated heterocycles. The van der Waals surface area contributed by atoms with Crippen LogP contribution in [0.4, 0.5) is 0 Å². The summed E-state index contributed by atoms with van der Waals surface area (Å²) in [7, 11) is -0.448. The summed E-state index contributed by atoms with van der Waals surface area (Å²) < 4.78 is 18.2. The number of hydrogen-bond donors (Lipinski definition) is 1. The summed E-state index contributed by atoms with van der Waals surface area (Å²) in [5.41, 5.74) is 0. The second kappa shape index (κ2) is 17.1. The van der Waals surface area contributed by atoms with Gasteiger partial charge in [0.15, 0.2) is 0 Å². The van der Waals surface area contributed by atoms with Gasteiger partial charge in [0, 0.05) is 19.8 Å². The van der Waals surface area contributed by atoms with E-state index < -0.39 is 8.80 Å². The van der Waals surface area contributed by atoms with Gasteiger partial charge in [0.05, 0.1) is 6.17 Å². The Labute approximate surface area is 163 Å². The molecule has 0 aromatic heterocycles. The normalized spacial score (nSPS) is 12.5. The van der Waals surface area contributed by atoms with E-state index in [1.54, 1.807) is 0 Å². The predicted molar refractivity (Wildman–Crippen MR) is 113 cm³/mol. The monoisotopic (exact) mass is 391 g/mol. The minimum Gasteiger partial charge on any atom is -0.373 e. The molecular formula is C19H45N3O3Si. The smallest absolute Gasteiger partial charge is 0.373 e. The first-order chi connectivity index (χ1) is 12.6. The highest BCUT2D eigenvalue weighted by molar-refractivity contribution is 6.60. The van der Waals surface area contributed by atoms with Crippen LogP contribution in [0.5, 0.6) is 0 Å². The molecule has 0 aromatic rings. The van der Waals surface area contributed by atoms with Crippen molar-refractivity contribution in [3.63, 3.8) is 0 Å². The molecule has 0 aromatic carbocycles. The predicted octanol–water partition coefficient (Wildman–Crippen LogP) is 2.61. The molecule has 158 valence electrons. The fourth-order valence-electron chi connectivity index (χ4n) is 2.92. The van der Waals surface area contributed by atoms with Gasteiger partial charge in [0.25, 0.3) is 0 Å². The summed E-state index contributed by atoms with van der Waals surface area (Å²) in [4.78, 5) is 4.85. The summed E-state index contributed by atoms with van der Waals surface area (Å²) in [5, 5.41) is 3.49. The van der Waals surface area contributed by atoms with Crippen LogP contribution in [0.15, 0.2) is 0 Å². The van der Waals surface area contributed by atoms with E-state index in [-0.39, 0.29) is 0 Å². The van der Waals surface area contributed by atoms with Crippen molar-refractivity contribution in [1.29, 1.82) is 0 Å². The van der Waals surface area contributed by atoms with Crippen molar-refractivity contribution < 1.29 is 13.3 Å². The third kappa shape index (κ3) is 12.4. The standard InChI is InChI=1S/C19H45N3O3Si/c1-7-14-20-15-12-17-22(18-13-16-21(6)8-2)19-26(23-9-3,24-10-4)25-11-5/h20H,7-19H2,1-6H3. The Morgan fingerprint density at radius 1 is 0.769 bits per heavy atom. The van der Waals surface area contributed by atoms with E-state index in [1.165, 1.54) is 6.42 Å². The Hall–Kier alpha value is -0.0231. The zero-order valence-corrected chi connectivity index (χ0v) is 19.3. The molecule has 0 atom stereocenters. The molecule has 0 radical (unpaired) electrons. The molecule has 0 rings (SSSR count). The lowest BCUT2D eigenvalue weighted by atomic mass is 10.3. The summed E-state index contributed by atoms with van der Waals surface area (Å²) in [6, 6.07) is 0. The molecule has 6 nitrogen and oxygen atoms in total. The maximum atomic E-state index is 6.06. The van der Waals surface area contributed by atoms with Crippen molar-refractivity contribution in [1.82, 2.24) is 15.1 Å². The van der Waals surface area contributed by atoms with Crippen LogP contribution in [0, 0.1) is 0 Å². The van der Waals surface area contributed by atoms with Crippen molar-refractivity contribution in [3.05, 3.63) is 0 Å². The molecule has 0 fully saturated rings. The molecule has 26 heavy (non-hydrogen) atoms. The van der Waals surface area contributed by atoms with Crippen molar-refractivity contribution >= 4 is 8.80 Å². The molecule has 0 amide bonds. The molecular weight excluding hydrogens is 346 g/mol. The minimum atomic E-state index is -2.63. The zero-order valence-electron chi connectivity index (χ0n) is 18.3. The Kier molecular flexibility index (Phi) is 17.1. The van der Waals surface area contributed by atoms with Crippen LogP contribution in [0.25, 0.3) is 0 Å². The fraction of sp³-hybridized carbons (Fsp3) is 1.00. The second-order valence-electron chi connectivity index (χ2n) is 6.61. The third-order valence-electron chi connectivity index (χ3n) is 4.32. The quantitative estimate of drug-likeness (QED) is 0.270. The molecule has 1 N–H and O–H groups in total. The van der Waals surface area contributed by atoms with E-state index in [9.17, 15) is 0 Å². The molecule has 7 heteroatoms. The summed E-state index contributed by atoms with van der Waals surface area (Å²) >= 11 is 0. The van der Waals surface area contributed by atoms with Crippen LogP contribution in [-0.2, 0) is 13.3 Å². The Morgan fingerprint density at radius 2 is 1.35 bits per heavy atom. The summed E-state index contributed by atoms with van der Waals surface area (Å²) in [6.07, 6.45) is 4.26. The van der Waals surface area contributed by atoms with Crippen LogP contribution >= 0.6 is 0 Å². The van der Waals surface area contributed by atoms with Gasteiger partial charge in [-0.3, -0.25) is 4.90 Å². The van der Waals surface area contributed by atoms with Gasteiger partial charge in [-0.15, -0.1) is 0 Å². The molecule has 0 heterocycles. The first kappa shape index (κ1) is 26.0. The fourth-order valence-corrected chi connectivity index (χ4v) is 5.62. The lowest BCUT2D eigenvalue weighted by molar-refractivity contribution is 0.0560. The lowest BCUT2D eigenvalue weighted by Crippen LogP contribution is -2.56. The Balaban J connectivity index is 4.77. The molecule has 0 aliphatic carbocycles. The van der Waals surface area contributed by atoms with Crippen LogP contribution in [0.1, 0.15) is 53.9 Å². The number of nitrogens with zero attached hydrogens (tertiary/aromatic N) is 2. The number of rotatable bonds is 19. The maximum Gasteiger partial charge on any atom is 0.515 e. The molecule has 0 unspecified atom stereocenters. The SMILES string of the molecule is CCCNCCCN(CCCN(C)CC)C[Si](OCC)(OCC)OCC. The van der Waals surface area contributed by atoms with E-state index in [2.05, 4.69) is 36.0 Å². The van der Waals surface area contributed by atoms with Gasteiger partial charge in [-0.25, -0.2) is 0 Å². The molecule has 0 spiro atoms. The van der Waals surface area contributed by atoms with Gasteiger partial charge in [-0.2, -0.15) is 0 Å².